The molecule has 0 heterocycles. The van der Waals surface area contributed by atoms with Crippen LogP contribution in [0.1, 0.15) is 58.8 Å². The van der Waals surface area contributed by atoms with E-state index >= 15 is 0 Å². The van der Waals surface area contributed by atoms with Gasteiger partial charge in [0.1, 0.15) is 0 Å². The van der Waals surface area contributed by atoms with Crippen molar-refractivity contribution in [2.45, 2.75) is 64.3 Å². The summed E-state index contributed by atoms with van der Waals surface area (Å²) in [5, 5.41) is 12.2. The van der Waals surface area contributed by atoms with Crippen LogP contribution in [0, 0.1) is 22.0 Å². The van der Waals surface area contributed by atoms with Crippen molar-refractivity contribution in [3.8, 4) is 0 Å². The van der Waals surface area contributed by atoms with Crippen molar-refractivity contribution >= 4 is 11.9 Å². The third kappa shape index (κ3) is 4.76. The molecule has 0 bridgehead atoms. The molecule has 0 amide bonds. The van der Waals surface area contributed by atoms with Gasteiger partial charge in [0.05, 0.1) is 19.1 Å². The molecule has 2 aliphatic carbocycles. The maximum Gasteiger partial charge on any atom is 0.334 e. The molecule has 0 unspecified atom stereocenters. The van der Waals surface area contributed by atoms with Gasteiger partial charge < -0.3 is 9.47 Å². The summed E-state index contributed by atoms with van der Waals surface area (Å²) < 4.78 is 10.0. The van der Waals surface area contributed by atoms with Crippen molar-refractivity contribution < 1.29 is 24.0 Å². The minimum absolute atomic E-state index is 0.0818. The fourth-order valence-corrected chi connectivity index (χ4v) is 4.44. The smallest absolute Gasteiger partial charge is 0.334 e. The van der Waals surface area contributed by atoms with Crippen molar-refractivity contribution in [2.75, 3.05) is 13.2 Å². The third-order valence-corrected chi connectivity index (χ3v) is 5.60. The Morgan fingerprint density at radius 2 is 1.89 bits per heavy atom. The first-order valence-corrected chi connectivity index (χ1v) is 9.81. The number of rotatable bonds is 8. The molecule has 27 heavy (non-hydrogen) atoms. The highest BCUT2D eigenvalue weighted by molar-refractivity contribution is 5.90. The number of hydrogen-bond acceptors (Lipinski definition) is 6. The van der Waals surface area contributed by atoms with Crippen molar-refractivity contribution in [3.05, 3.63) is 33.9 Å². The highest BCUT2D eigenvalue weighted by atomic mass is 16.6. The summed E-state index contributed by atoms with van der Waals surface area (Å²) in [5.74, 6) is -1.37. The van der Waals surface area contributed by atoms with E-state index in [1.807, 2.05) is 0 Å². The van der Waals surface area contributed by atoms with E-state index in [9.17, 15) is 19.7 Å². The summed E-state index contributed by atoms with van der Waals surface area (Å²) in [6, 6.07) is 0. The lowest BCUT2D eigenvalue weighted by Crippen LogP contribution is -2.47. The topological polar surface area (TPSA) is 95.7 Å². The Balaban J connectivity index is 2.31. The predicted molar refractivity (Wildman–Crippen MR) is 99.5 cm³/mol. The van der Waals surface area contributed by atoms with E-state index in [2.05, 4.69) is 0 Å². The van der Waals surface area contributed by atoms with Crippen LogP contribution in [-0.2, 0) is 19.1 Å². The van der Waals surface area contributed by atoms with E-state index in [1.54, 1.807) is 19.9 Å². The van der Waals surface area contributed by atoms with Crippen LogP contribution in [0.25, 0.3) is 0 Å². The van der Waals surface area contributed by atoms with Gasteiger partial charge in [0.25, 0.3) is 0 Å². The van der Waals surface area contributed by atoms with Crippen molar-refractivity contribution in [2.24, 2.45) is 11.8 Å². The van der Waals surface area contributed by atoms with Crippen LogP contribution in [0.4, 0.5) is 0 Å². The van der Waals surface area contributed by atoms with E-state index in [-0.39, 0.29) is 36.9 Å². The first kappa shape index (κ1) is 21.1. The zero-order chi connectivity index (χ0) is 19.9. The molecule has 1 fully saturated rings. The quantitative estimate of drug-likeness (QED) is 0.277. The van der Waals surface area contributed by atoms with E-state index in [1.165, 1.54) is 12.2 Å². The molecule has 7 heteroatoms. The van der Waals surface area contributed by atoms with Crippen molar-refractivity contribution in [1.29, 1.82) is 0 Å². The van der Waals surface area contributed by atoms with Crippen molar-refractivity contribution in [1.82, 2.24) is 0 Å². The number of nitrogens with zero attached hydrogens (tertiary/aromatic N) is 1. The Morgan fingerprint density at radius 3 is 2.48 bits per heavy atom. The second-order valence-corrected chi connectivity index (χ2v) is 7.18. The van der Waals surface area contributed by atoms with E-state index < -0.39 is 23.4 Å². The summed E-state index contributed by atoms with van der Waals surface area (Å²) in [5.41, 5.74) is -0.877. The van der Waals surface area contributed by atoms with Gasteiger partial charge in [-0.3, -0.25) is 10.1 Å². The lowest BCUT2D eigenvalue weighted by Gasteiger charge is -2.36. The average Bonchev–Trinajstić information content (AvgIpc) is 3.04. The Morgan fingerprint density at radius 1 is 1.22 bits per heavy atom. The van der Waals surface area contributed by atoms with Gasteiger partial charge in [0.15, 0.2) is 0 Å². The van der Waals surface area contributed by atoms with Gasteiger partial charge in [-0.25, -0.2) is 9.59 Å². The SMILES string of the molecule is CCOC(=O)/C=C/C[C@]1([N+](=O)[O-])CC=C(C(=O)OCC)[C@H]1C1CCCCC1. The molecule has 0 radical (unpaired) electrons. The molecule has 0 aromatic rings. The standard InChI is InChI=1S/C20H29NO6/c1-3-26-17(22)11-8-13-20(21(24)25)14-12-16(19(23)27-4-2)18(20)15-9-6-5-7-10-15/h8,11-12,15,18H,3-7,9-10,13-14H2,1-2H3/b11-8+/t18-,20+/m1/s1. The normalized spacial score (nSPS) is 26.0. The van der Waals surface area contributed by atoms with Crippen LogP contribution in [0.15, 0.2) is 23.8 Å². The summed E-state index contributed by atoms with van der Waals surface area (Å²) >= 11 is 0. The Hall–Kier alpha value is -2.18. The largest absolute Gasteiger partial charge is 0.463 e. The molecular formula is C20H29NO6. The van der Waals surface area contributed by atoms with Crippen LogP contribution in [-0.4, -0.2) is 35.6 Å². The lowest BCUT2D eigenvalue weighted by atomic mass is 9.68. The first-order chi connectivity index (χ1) is 13.0. The van der Waals surface area contributed by atoms with Crippen LogP contribution < -0.4 is 0 Å². The maximum atomic E-state index is 12.5. The number of carbonyl (C=O) groups is 2. The number of carbonyl (C=O) groups excluding carboxylic acids is 2. The molecule has 1 saturated carbocycles. The van der Waals surface area contributed by atoms with Crippen LogP contribution in [0.5, 0.6) is 0 Å². The molecule has 0 spiro atoms. The number of esters is 2. The van der Waals surface area contributed by atoms with Gasteiger partial charge in [-0.05, 0) is 32.6 Å². The molecular weight excluding hydrogens is 350 g/mol. The van der Waals surface area contributed by atoms with Crippen LogP contribution in [0.3, 0.4) is 0 Å². The zero-order valence-corrected chi connectivity index (χ0v) is 16.1. The monoisotopic (exact) mass is 379 g/mol. The highest BCUT2D eigenvalue weighted by Gasteiger charge is 2.58. The zero-order valence-electron chi connectivity index (χ0n) is 16.1. The minimum Gasteiger partial charge on any atom is -0.463 e. The summed E-state index contributed by atoms with van der Waals surface area (Å²) in [6.07, 6.45) is 9.59. The number of nitro groups is 1. The van der Waals surface area contributed by atoms with Gasteiger partial charge >= 0.3 is 11.9 Å². The Bertz CT molecular complexity index is 620. The fourth-order valence-electron chi connectivity index (χ4n) is 4.44. The molecule has 2 aliphatic rings. The lowest BCUT2D eigenvalue weighted by molar-refractivity contribution is -0.577. The van der Waals surface area contributed by atoms with Gasteiger partial charge in [-0.2, -0.15) is 0 Å². The molecule has 150 valence electrons. The molecule has 0 aliphatic heterocycles. The molecule has 2 rings (SSSR count). The van der Waals surface area contributed by atoms with Crippen LogP contribution in [0.2, 0.25) is 0 Å². The average molecular weight is 379 g/mol. The Kier molecular flexibility index (Phi) is 7.56. The first-order valence-electron chi connectivity index (χ1n) is 9.81. The molecule has 0 aromatic heterocycles. The second kappa shape index (κ2) is 9.67. The number of ether oxygens (including phenoxy) is 2. The van der Waals surface area contributed by atoms with Gasteiger partial charge in [-0.1, -0.05) is 31.4 Å². The fraction of sp³-hybridized carbons (Fsp3) is 0.700. The molecule has 0 N–H and O–H groups in total. The van der Waals surface area contributed by atoms with Gasteiger partial charge in [0, 0.05) is 29.4 Å². The van der Waals surface area contributed by atoms with E-state index in [0.29, 0.717) is 5.57 Å². The second-order valence-electron chi connectivity index (χ2n) is 7.18. The van der Waals surface area contributed by atoms with Crippen LogP contribution >= 0.6 is 0 Å². The molecule has 0 aromatic carbocycles. The highest BCUT2D eigenvalue weighted by Crippen LogP contribution is 2.49. The van der Waals surface area contributed by atoms with Gasteiger partial charge in [-0.15, -0.1) is 0 Å². The van der Waals surface area contributed by atoms with Crippen molar-refractivity contribution in [3.63, 3.8) is 0 Å². The number of hydrogen-bond donors (Lipinski definition) is 0. The third-order valence-electron chi connectivity index (χ3n) is 5.60. The summed E-state index contributed by atoms with van der Waals surface area (Å²) in [4.78, 5) is 36.0. The van der Waals surface area contributed by atoms with E-state index in [4.69, 9.17) is 9.47 Å². The maximum absolute atomic E-state index is 12.5. The summed E-state index contributed by atoms with van der Waals surface area (Å²) in [6.45, 7) is 3.92. The van der Waals surface area contributed by atoms with Gasteiger partial charge in [0.2, 0.25) is 5.54 Å². The molecule has 7 nitrogen and oxygen atoms in total. The minimum atomic E-state index is -1.31. The molecule has 0 saturated heterocycles. The Labute approximate surface area is 159 Å². The summed E-state index contributed by atoms with van der Waals surface area (Å²) in [7, 11) is 0. The molecule has 2 atom stereocenters. The van der Waals surface area contributed by atoms with E-state index in [0.717, 1.165) is 32.1 Å². The predicted octanol–water partition coefficient (Wildman–Crippen LogP) is 3.60.